The molecule has 0 unspecified atom stereocenters. The molecular weight excluding hydrogens is 486 g/mol. The van der Waals surface area contributed by atoms with Crippen LogP contribution in [-0.4, -0.2) is 64.8 Å². The molecule has 0 bridgehead atoms. The van der Waals surface area contributed by atoms with Gasteiger partial charge in [-0.1, -0.05) is 4.58 Å². The van der Waals surface area contributed by atoms with Gasteiger partial charge in [-0.25, -0.2) is 9.80 Å². The minimum atomic E-state index is -1.02. The van der Waals surface area contributed by atoms with Crippen LogP contribution in [0.15, 0.2) is 51.8 Å². The fraction of sp³-hybridized carbons (Fsp3) is 0.381. The van der Waals surface area contributed by atoms with Gasteiger partial charge in [0.25, 0.3) is 0 Å². The highest BCUT2D eigenvalue weighted by atomic mass is 79.9. The van der Waals surface area contributed by atoms with Crippen LogP contribution in [0.2, 0.25) is 0 Å². The van der Waals surface area contributed by atoms with Gasteiger partial charge in [0.05, 0.1) is 10.6 Å². The SMILES string of the molecule is CC(C)Oc1ccc(SN(O)N2CCN(c3ccc(Br)c(OCC(=O)O)c3)CC2)cc1. The van der Waals surface area contributed by atoms with E-state index >= 15 is 0 Å². The van der Waals surface area contributed by atoms with Gasteiger partial charge in [0, 0.05) is 54.8 Å². The molecule has 0 aromatic heterocycles. The van der Waals surface area contributed by atoms with E-state index in [0.29, 0.717) is 36.4 Å². The van der Waals surface area contributed by atoms with Crippen LogP contribution in [0.25, 0.3) is 0 Å². The fourth-order valence-electron chi connectivity index (χ4n) is 3.07. The molecule has 2 N–H and O–H groups in total. The molecule has 1 heterocycles. The number of rotatable bonds is 9. The molecule has 10 heteroatoms. The van der Waals surface area contributed by atoms with E-state index in [1.54, 1.807) is 0 Å². The molecule has 0 saturated carbocycles. The van der Waals surface area contributed by atoms with Gasteiger partial charge >= 0.3 is 5.97 Å². The Hall–Kier alpha value is -1.98. The van der Waals surface area contributed by atoms with Crippen molar-refractivity contribution in [3.8, 4) is 11.5 Å². The molecule has 2 aromatic carbocycles. The highest BCUT2D eigenvalue weighted by Gasteiger charge is 2.23. The van der Waals surface area contributed by atoms with Crippen molar-refractivity contribution >= 4 is 39.5 Å². The van der Waals surface area contributed by atoms with Crippen molar-refractivity contribution in [1.29, 1.82) is 0 Å². The number of halogens is 1. The topological polar surface area (TPSA) is 85.7 Å². The average molecular weight is 512 g/mol. The number of piperazine rings is 1. The zero-order chi connectivity index (χ0) is 22.4. The first-order chi connectivity index (χ1) is 14.8. The second-order valence-corrected chi connectivity index (χ2v) is 9.05. The van der Waals surface area contributed by atoms with Crippen LogP contribution in [0.4, 0.5) is 5.69 Å². The van der Waals surface area contributed by atoms with E-state index in [9.17, 15) is 10.0 Å². The Kier molecular flexibility index (Phi) is 8.44. The Bertz CT molecular complexity index is 876. The highest BCUT2D eigenvalue weighted by molar-refractivity contribution is 9.10. The summed E-state index contributed by atoms with van der Waals surface area (Å²) in [5, 5.41) is 21.2. The number of nitrogens with zero attached hydrogens (tertiary/aromatic N) is 3. The van der Waals surface area contributed by atoms with Crippen LogP contribution >= 0.6 is 27.9 Å². The Balaban J connectivity index is 1.53. The molecule has 0 atom stereocenters. The standard InChI is InChI=1S/C21H26BrN3O5S/c1-15(2)30-17-4-6-18(7-5-17)31-25(28)24-11-9-23(10-12-24)16-3-8-19(22)20(13-16)29-14-21(26)27/h3-8,13,15,28H,9-12,14H2,1-2H3,(H,26,27). The first-order valence-corrected chi connectivity index (χ1v) is 11.5. The third-order valence-electron chi connectivity index (χ3n) is 4.51. The third-order valence-corrected chi connectivity index (χ3v) is 6.04. The van der Waals surface area contributed by atoms with Gasteiger partial charge in [0.1, 0.15) is 11.5 Å². The summed E-state index contributed by atoms with van der Waals surface area (Å²) < 4.78 is 12.9. The number of benzene rings is 2. The van der Waals surface area contributed by atoms with Crippen LogP contribution in [0.1, 0.15) is 13.8 Å². The normalized spacial score (nSPS) is 14.8. The average Bonchev–Trinajstić information content (AvgIpc) is 2.74. The van der Waals surface area contributed by atoms with Crippen molar-refractivity contribution in [2.45, 2.75) is 24.8 Å². The lowest BCUT2D eigenvalue weighted by molar-refractivity contribution is -0.159. The van der Waals surface area contributed by atoms with Crippen molar-refractivity contribution in [1.82, 2.24) is 9.59 Å². The van der Waals surface area contributed by atoms with Crippen molar-refractivity contribution in [3.05, 3.63) is 46.9 Å². The van der Waals surface area contributed by atoms with E-state index in [-0.39, 0.29) is 6.10 Å². The number of carboxylic acids is 1. The Morgan fingerprint density at radius 3 is 2.45 bits per heavy atom. The summed E-state index contributed by atoms with van der Waals surface area (Å²) >= 11 is 4.63. The Morgan fingerprint density at radius 2 is 1.84 bits per heavy atom. The van der Waals surface area contributed by atoms with Gasteiger partial charge in [0.15, 0.2) is 6.61 Å². The smallest absolute Gasteiger partial charge is 0.341 e. The molecule has 0 spiro atoms. The second-order valence-electron chi connectivity index (χ2n) is 7.22. The largest absolute Gasteiger partial charge is 0.491 e. The monoisotopic (exact) mass is 511 g/mol. The van der Waals surface area contributed by atoms with Crippen LogP contribution in [0.3, 0.4) is 0 Å². The lowest BCUT2D eigenvalue weighted by Gasteiger charge is -2.38. The number of anilines is 1. The fourth-order valence-corrected chi connectivity index (χ4v) is 4.15. The number of carboxylic acid groups (broad SMARTS) is 1. The molecule has 1 aliphatic rings. The molecule has 8 nitrogen and oxygen atoms in total. The maximum atomic E-state index is 10.8. The van der Waals surface area contributed by atoms with Gasteiger partial charge in [-0.15, -0.1) is 0 Å². The summed E-state index contributed by atoms with van der Waals surface area (Å²) in [5.41, 5.74) is 0.945. The highest BCUT2D eigenvalue weighted by Crippen LogP contribution is 2.31. The van der Waals surface area contributed by atoms with Crippen LogP contribution < -0.4 is 14.4 Å². The minimum absolute atomic E-state index is 0.120. The van der Waals surface area contributed by atoms with Crippen LogP contribution in [0, 0.1) is 0 Å². The molecule has 1 saturated heterocycles. The quantitative estimate of drug-likeness (QED) is 0.381. The van der Waals surface area contributed by atoms with Gasteiger partial charge < -0.3 is 19.5 Å². The first kappa shape index (κ1) is 23.7. The molecule has 31 heavy (non-hydrogen) atoms. The maximum Gasteiger partial charge on any atom is 0.341 e. The lowest BCUT2D eigenvalue weighted by Crippen LogP contribution is -2.50. The number of aliphatic carboxylic acids is 1. The molecule has 0 aliphatic carbocycles. The van der Waals surface area contributed by atoms with E-state index in [0.717, 1.165) is 16.3 Å². The summed E-state index contributed by atoms with van der Waals surface area (Å²) in [6, 6.07) is 13.3. The van der Waals surface area contributed by atoms with Gasteiger partial charge in [-0.05, 0) is 66.2 Å². The molecule has 2 aromatic rings. The second kappa shape index (κ2) is 11.1. The number of ether oxygens (including phenoxy) is 2. The van der Waals surface area contributed by atoms with Gasteiger partial charge in [-0.3, -0.25) is 5.21 Å². The minimum Gasteiger partial charge on any atom is -0.491 e. The van der Waals surface area contributed by atoms with E-state index in [4.69, 9.17) is 14.6 Å². The predicted octanol–water partition coefficient (Wildman–Crippen LogP) is 4.14. The number of hydrogen-bond acceptors (Lipinski definition) is 8. The molecule has 3 rings (SSSR count). The van der Waals surface area contributed by atoms with E-state index in [2.05, 4.69) is 20.8 Å². The number of hydrogen-bond donors (Lipinski definition) is 2. The van der Waals surface area contributed by atoms with E-state index in [1.165, 1.54) is 16.5 Å². The maximum absolute atomic E-state index is 10.8. The van der Waals surface area contributed by atoms with Crippen molar-refractivity contribution in [3.63, 3.8) is 0 Å². The summed E-state index contributed by atoms with van der Waals surface area (Å²) in [7, 11) is 0. The summed E-state index contributed by atoms with van der Waals surface area (Å²) in [4.78, 5) is 13.9. The predicted molar refractivity (Wildman–Crippen MR) is 123 cm³/mol. The molecule has 0 radical (unpaired) electrons. The van der Waals surface area contributed by atoms with Crippen molar-refractivity contribution in [2.75, 3.05) is 37.7 Å². The number of hydrazine groups is 1. The van der Waals surface area contributed by atoms with E-state index < -0.39 is 12.6 Å². The summed E-state index contributed by atoms with van der Waals surface area (Å²) in [5.74, 6) is 0.277. The first-order valence-electron chi connectivity index (χ1n) is 9.89. The molecule has 1 fully saturated rings. The third kappa shape index (κ3) is 7.01. The van der Waals surface area contributed by atoms with Crippen molar-refractivity contribution in [2.24, 2.45) is 0 Å². The Morgan fingerprint density at radius 1 is 1.16 bits per heavy atom. The van der Waals surface area contributed by atoms with E-state index in [1.807, 2.05) is 61.3 Å². The molecule has 168 valence electrons. The van der Waals surface area contributed by atoms with Crippen molar-refractivity contribution < 1.29 is 24.6 Å². The molecular formula is C21H26BrN3O5S. The Labute approximate surface area is 194 Å². The summed E-state index contributed by atoms with van der Waals surface area (Å²) in [6.07, 6.45) is 0.120. The van der Waals surface area contributed by atoms with Crippen LogP contribution in [0.5, 0.6) is 11.5 Å². The molecule has 1 aliphatic heterocycles. The van der Waals surface area contributed by atoms with Gasteiger partial charge in [0.2, 0.25) is 0 Å². The number of carbonyl (C=O) groups is 1. The van der Waals surface area contributed by atoms with Gasteiger partial charge in [-0.2, -0.15) is 0 Å². The van der Waals surface area contributed by atoms with Crippen LogP contribution in [-0.2, 0) is 4.79 Å². The lowest BCUT2D eigenvalue weighted by atomic mass is 10.2. The molecule has 0 amide bonds. The zero-order valence-electron chi connectivity index (χ0n) is 17.4. The zero-order valence-corrected chi connectivity index (χ0v) is 19.8. The summed E-state index contributed by atoms with van der Waals surface area (Å²) in [6.45, 7) is 6.26.